The number of hydrogen-bond acceptors (Lipinski definition) is 4. The molecule has 0 radical (unpaired) electrons. The Hall–Kier alpha value is -3.21. The molecule has 1 aliphatic carbocycles. The van der Waals surface area contributed by atoms with Crippen LogP contribution in [0.25, 0.3) is 0 Å². The number of hydrogen-bond donors (Lipinski definition) is 2. The van der Waals surface area contributed by atoms with Crippen LogP contribution < -0.4 is 0 Å². The number of aliphatic hydroxyl groups excluding tert-OH is 1. The van der Waals surface area contributed by atoms with E-state index in [0.29, 0.717) is 16.1 Å². The number of halogens is 2. The monoisotopic (exact) mass is 533 g/mol. The number of terminal acetylenes is 1. The molecule has 0 spiro atoms. The lowest BCUT2D eigenvalue weighted by Gasteiger charge is -2.40. The lowest BCUT2D eigenvalue weighted by molar-refractivity contribution is -0.130. The highest BCUT2D eigenvalue weighted by Crippen LogP contribution is 2.52. The average molecular weight is 534 g/mol. The quantitative estimate of drug-likeness (QED) is 0.384. The van der Waals surface area contributed by atoms with Crippen LogP contribution in [0.5, 0.6) is 0 Å². The van der Waals surface area contributed by atoms with Crippen LogP contribution in [-0.4, -0.2) is 34.2 Å². The van der Waals surface area contributed by atoms with E-state index in [1.165, 1.54) is 17.0 Å². The van der Waals surface area contributed by atoms with Crippen LogP contribution in [0.2, 0.25) is 5.02 Å². The summed E-state index contributed by atoms with van der Waals surface area (Å²) >= 11 is 6.20. The molecule has 5 nitrogen and oxygen atoms in total. The first-order valence-corrected chi connectivity index (χ1v) is 12.9. The second-order valence-corrected chi connectivity index (χ2v) is 11.2. The molecule has 196 valence electrons. The van der Waals surface area contributed by atoms with E-state index in [1.807, 2.05) is 12.1 Å². The number of aliphatic hydroxyl groups is 2. The third-order valence-corrected chi connectivity index (χ3v) is 7.82. The van der Waals surface area contributed by atoms with Crippen LogP contribution in [0.15, 0.2) is 60.7 Å². The highest BCUT2D eigenvalue weighted by molar-refractivity contribution is 6.30. The first-order chi connectivity index (χ1) is 18.0. The van der Waals surface area contributed by atoms with Crippen molar-refractivity contribution in [2.24, 2.45) is 5.41 Å². The Balaban J connectivity index is 1.73. The molecule has 2 N–H and O–H groups in total. The lowest BCUT2D eigenvalue weighted by atomic mass is 9.88. The van der Waals surface area contributed by atoms with E-state index >= 15 is 4.39 Å². The van der Waals surface area contributed by atoms with Gasteiger partial charge < -0.3 is 14.9 Å². The lowest BCUT2D eigenvalue weighted by Crippen LogP contribution is -2.48. The van der Waals surface area contributed by atoms with Gasteiger partial charge in [-0.05, 0) is 74.2 Å². The van der Waals surface area contributed by atoms with Crippen LogP contribution in [0.4, 0.5) is 4.39 Å². The topological polar surface area (TPSA) is 70.0 Å². The number of carbonyl (C=O) groups excluding carboxylic acids is 1. The van der Waals surface area contributed by atoms with E-state index in [1.54, 1.807) is 50.2 Å². The highest BCUT2D eigenvalue weighted by atomic mass is 35.5. The zero-order valence-electron chi connectivity index (χ0n) is 21.3. The van der Waals surface area contributed by atoms with Gasteiger partial charge in [-0.2, -0.15) is 0 Å². The third kappa shape index (κ3) is 4.50. The smallest absolute Gasteiger partial charge is 0.257 e. The second kappa shape index (κ2) is 9.52. The van der Waals surface area contributed by atoms with E-state index in [-0.39, 0.29) is 36.4 Å². The summed E-state index contributed by atoms with van der Waals surface area (Å²) in [5.41, 5.74) is -0.961. The van der Waals surface area contributed by atoms with Gasteiger partial charge in [0.2, 0.25) is 0 Å². The molecule has 3 aromatic carbocycles. The van der Waals surface area contributed by atoms with Crippen molar-refractivity contribution in [3.8, 4) is 12.3 Å². The van der Waals surface area contributed by atoms with Crippen molar-refractivity contribution in [3.63, 3.8) is 0 Å². The molecule has 0 aromatic heterocycles. The number of carbonyl (C=O) groups is 1. The molecule has 1 amide bonds. The van der Waals surface area contributed by atoms with Crippen LogP contribution >= 0.6 is 11.6 Å². The maximum absolute atomic E-state index is 16.2. The fourth-order valence-corrected chi connectivity index (χ4v) is 5.09. The van der Waals surface area contributed by atoms with E-state index < -0.39 is 28.5 Å². The van der Waals surface area contributed by atoms with Crippen molar-refractivity contribution >= 4 is 17.5 Å². The number of rotatable bonds is 8. The molecule has 3 aromatic rings. The molecule has 5 rings (SSSR count). The van der Waals surface area contributed by atoms with Gasteiger partial charge in [0, 0.05) is 28.1 Å². The summed E-state index contributed by atoms with van der Waals surface area (Å²) in [6.45, 7) is 3.24. The number of benzene rings is 3. The standard InChI is InChI=1S/C31H29ClFNO4/c1-4-20-5-7-21(8-6-20)17-34-28(36)25-15-23(29(2,3)37)16-26(33)27(25)31(34,22-9-11-24(32)12-10-22)38-19-30(18-35)13-14-30/h1,5-12,15-16,35,37H,13-14,17-19H2,2-3H3/t31-/m1/s1. The van der Waals surface area contributed by atoms with Gasteiger partial charge >= 0.3 is 0 Å². The van der Waals surface area contributed by atoms with E-state index in [0.717, 1.165) is 18.4 Å². The van der Waals surface area contributed by atoms with E-state index in [4.69, 9.17) is 22.8 Å². The first kappa shape index (κ1) is 26.4. The second-order valence-electron chi connectivity index (χ2n) is 10.8. The van der Waals surface area contributed by atoms with Crippen molar-refractivity contribution in [1.82, 2.24) is 4.90 Å². The average Bonchev–Trinajstić information content (AvgIpc) is 3.64. The Kier molecular flexibility index (Phi) is 6.61. The van der Waals surface area contributed by atoms with Crippen molar-refractivity contribution in [1.29, 1.82) is 0 Å². The fraction of sp³-hybridized carbons (Fsp3) is 0.323. The predicted molar refractivity (Wildman–Crippen MR) is 143 cm³/mol. The number of nitrogens with zero attached hydrogens (tertiary/aromatic N) is 1. The molecule has 1 saturated carbocycles. The van der Waals surface area contributed by atoms with Crippen molar-refractivity contribution in [2.75, 3.05) is 13.2 Å². The van der Waals surface area contributed by atoms with Crippen molar-refractivity contribution in [3.05, 3.63) is 105 Å². The van der Waals surface area contributed by atoms with Gasteiger partial charge in [0.25, 0.3) is 5.91 Å². The Morgan fingerprint density at radius 2 is 1.79 bits per heavy atom. The summed E-state index contributed by atoms with van der Waals surface area (Å²) in [6.07, 6.45) is 7.06. The molecule has 0 bridgehead atoms. The minimum Gasteiger partial charge on any atom is -0.396 e. The molecule has 2 aliphatic rings. The Morgan fingerprint density at radius 1 is 1.13 bits per heavy atom. The zero-order chi connectivity index (χ0) is 27.3. The third-order valence-electron chi connectivity index (χ3n) is 7.57. The first-order valence-electron chi connectivity index (χ1n) is 12.5. The molecule has 0 unspecified atom stereocenters. The number of amides is 1. The normalized spacial score (nSPS) is 19.8. The van der Waals surface area contributed by atoms with Gasteiger partial charge in [-0.1, -0.05) is 41.8 Å². The molecule has 1 heterocycles. The summed E-state index contributed by atoms with van der Waals surface area (Å²) in [6, 6.07) is 16.8. The predicted octanol–water partition coefficient (Wildman–Crippen LogP) is 5.33. The largest absolute Gasteiger partial charge is 0.396 e. The van der Waals surface area contributed by atoms with E-state index in [9.17, 15) is 15.0 Å². The van der Waals surface area contributed by atoms with Crippen molar-refractivity contribution < 1.29 is 24.1 Å². The summed E-state index contributed by atoms with van der Waals surface area (Å²) in [5.74, 6) is 1.48. The van der Waals surface area contributed by atoms with Crippen LogP contribution in [-0.2, 0) is 22.6 Å². The summed E-state index contributed by atoms with van der Waals surface area (Å²) in [5, 5.41) is 21.1. The molecule has 1 fully saturated rings. The number of fused-ring (bicyclic) bond motifs is 1. The minimum atomic E-state index is -1.63. The van der Waals surface area contributed by atoms with Gasteiger partial charge in [0.1, 0.15) is 5.82 Å². The fourth-order valence-electron chi connectivity index (χ4n) is 4.96. The zero-order valence-corrected chi connectivity index (χ0v) is 22.1. The van der Waals surface area contributed by atoms with Crippen molar-refractivity contribution in [2.45, 2.75) is 44.6 Å². The van der Waals surface area contributed by atoms with E-state index in [2.05, 4.69) is 5.92 Å². The Morgan fingerprint density at radius 3 is 2.34 bits per heavy atom. The van der Waals surface area contributed by atoms with Crippen LogP contribution in [0.1, 0.15) is 64.9 Å². The molecular formula is C31H29ClFNO4. The van der Waals surface area contributed by atoms with Crippen LogP contribution in [0.3, 0.4) is 0 Å². The summed E-state index contributed by atoms with van der Waals surface area (Å²) in [4.78, 5) is 15.6. The molecule has 1 aliphatic heterocycles. The molecule has 7 heteroatoms. The summed E-state index contributed by atoms with van der Waals surface area (Å²) < 4.78 is 22.8. The highest BCUT2D eigenvalue weighted by Gasteiger charge is 2.56. The van der Waals surface area contributed by atoms with Crippen LogP contribution in [0, 0.1) is 23.6 Å². The minimum absolute atomic E-state index is 0.0713. The molecular weight excluding hydrogens is 505 g/mol. The molecule has 1 atom stereocenters. The van der Waals surface area contributed by atoms with Gasteiger partial charge in [0.15, 0.2) is 5.72 Å². The Labute approximate surface area is 226 Å². The maximum atomic E-state index is 16.2. The van der Waals surface area contributed by atoms with Gasteiger partial charge in [0.05, 0.1) is 29.9 Å². The molecule has 38 heavy (non-hydrogen) atoms. The van der Waals surface area contributed by atoms with Gasteiger partial charge in [-0.15, -0.1) is 6.42 Å². The number of ether oxygens (including phenoxy) is 1. The molecule has 0 saturated heterocycles. The van der Waals surface area contributed by atoms with Gasteiger partial charge in [-0.3, -0.25) is 9.69 Å². The SMILES string of the molecule is C#Cc1ccc(CN2C(=O)c3cc(C(C)(C)O)cc(F)c3[C@]2(OCC2(CO)CC2)c2ccc(Cl)cc2)cc1. The summed E-state index contributed by atoms with van der Waals surface area (Å²) in [7, 11) is 0. The maximum Gasteiger partial charge on any atom is 0.257 e. The van der Waals surface area contributed by atoms with Gasteiger partial charge in [-0.25, -0.2) is 4.39 Å². The Bertz CT molecular complexity index is 1420.